The lowest BCUT2D eigenvalue weighted by Gasteiger charge is -2.12. The number of carbonyl (C=O) groups is 2. The van der Waals surface area contributed by atoms with Gasteiger partial charge in [-0.1, -0.05) is 17.7 Å². The Bertz CT molecular complexity index is 864. The Morgan fingerprint density at radius 2 is 1.69 bits per heavy atom. The van der Waals surface area contributed by atoms with Gasteiger partial charge in [0.05, 0.1) is 13.2 Å². The summed E-state index contributed by atoms with van der Waals surface area (Å²) in [7, 11) is 0. The Labute approximate surface area is 175 Å². The van der Waals surface area contributed by atoms with Gasteiger partial charge in [-0.15, -0.1) is 0 Å². The molecule has 0 aliphatic rings. The third-order valence-electron chi connectivity index (χ3n) is 3.75. The van der Waals surface area contributed by atoms with E-state index in [2.05, 4.69) is 5.32 Å². The summed E-state index contributed by atoms with van der Waals surface area (Å²) in [5.41, 5.74) is 1.31. The van der Waals surface area contributed by atoms with Crippen molar-refractivity contribution in [3.63, 3.8) is 0 Å². The molecule has 2 aromatic carbocycles. The molecule has 0 radical (unpaired) electrons. The molecule has 0 aliphatic carbocycles. The monoisotopic (exact) mass is 417 g/mol. The molecule has 0 aromatic heterocycles. The summed E-state index contributed by atoms with van der Waals surface area (Å²) in [4.78, 5) is 24.2. The third kappa shape index (κ3) is 7.16. The van der Waals surface area contributed by atoms with Gasteiger partial charge in [-0.2, -0.15) is 0 Å². The molecule has 1 atom stereocenters. The Morgan fingerprint density at radius 1 is 1.03 bits per heavy atom. The Morgan fingerprint density at radius 3 is 2.34 bits per heavy atom. The van der Waals surface area contributed by atoms with Crippen molar-refractivity contribution >= 4 is 35.2 Å². The first-order valence-corrected chi connectivity index (χ1v) is 9.65. The van der Waals surface area contributed by atoms with Crippen molar-refractivity contribution in [3.05, 3.63) is 59.1 Å². The summed E-state index contributed by atoms with van der Waals surface area (Å²) < 4.78 is 16.2. The molecule has 1 amide bonds. The number of benzene rings is 2. The van der Waals surface area contributed by atoms with Crippen LogP contribution < -0.4 is 14.8 Å². The van der Waals surface area contributed by atoms with Crippen LogP contribution in [0.2, 0.25) is 5.02 Å². The Balaban J connectivity index is 1.94. The van der Waals surface area contributed by atoms with E-state index >= 15 is 0 Å². The largest absolute Gasteiger partial charge is 0.490 e. The summed E-state index contributed by atoms with van der Waals surface area (Å²) in [5.74, 6) is 0.173. The topological polar surface area (TPSA) is 73.9 Å². The number of carbonyl (C=O) groups excluding carboxylic acids is 2. The zero-order valence-electron chi connectivity index (χ0n) is 16.6. The van der Waals surface area contributed by atoms with Gasteiger partial charge in [0, 0.05) is 16.8 Å². The molecule has 0 saturated heterocycles. The van der Waals surface area contributed by atoms with E-state index < -0.39 is 18.0 Å². The summed E-state index contributed by atoms with van der Waals surface area (Å²) in [6.07, 6.45) is 1.89. The predicted molar refractivity (Wildman–Crippen MR) is 113 cm³/mol. The highest BCUT2D eigenvalue weighted by atomic mass is 35.5. The number of halogens is 1. The number of rotatable bonds is 9. The predicted octanol–water partition coefficient (Wildman–Crippen LogP) is 4.72. The number of anilines is 1. The second-order valence-corrected chi connectivity index (χ2v) is 6.42. The van der Waals surface area contributed by atoms with E-state index in [1.165, 1.54) is 13.0 Å². The fourth-order valence-corrected chi connectivity index (χ4v) is 2.51. The lowest BCUT2D eigenvalue weighted by atomic mass is 10.2. The second-order valence-electron chi connectivity index (χ2n) is 5.98. The maximum atomic E-state index is 12.1. The lowest BCUT2D eigenvalue weighted by Crippen LogP contribution is -2.29. The molecule has 0 unspecified atom stereocenters. The van der Waals surface area contributed by atoms with Crippen LogP contribution in [0.4, 0.5) is 5.69 Å². The van der Waals surface area contributed by atoms with Gasteiger partial charge >= 0.3 is 5.97 Å². The molecule has 29 heavy (non-hydrogen) atoms. The maximum absolute atomic E-state index is 12.1. The standard InChI is InChI=1S/C22H24ClNO5/c1-4-27-19-12-6-16(14-20(19)28-5-2)7-13-21(25)29-15(3)22(26)24-18-10-8-17(23)9-11-18/h6-15H,4-5H2,1-3H3,(H,24,26)/b13-7+/t15-/m0/s1. The molecule has 7 heteroatoms. The van der Waals surface area contributed by atoms with Gasteiger partial charge in [0.25, 0.3) is 5.91 Å². The van der Waals surface area contributed by atoms with E-state index in [1.807, 2.05) is 13.8 Å². The van der Waals surface area contributed by atoms with Crippen LogP contribution in [0.5, 0.6) is 11.5 Å². The minimum Gasteiger partial charge on any atom is -0.490 e. The average Bonchev–Trinajstić information content (AvgIpc) is 2.70. The molecule has 0 heterocycles. The fourth-order valence-electron chi connectivity index (χ4n) is 2.38. The van der Waals surface area contributed by atoms with Crippen LogP contribution in [-0.4, -0.2) is 31.2 Å². The van der Waals surface area contributed by atoms with Crippen LogP contribution in [0.3, 0.4) is 0 Å². The first-order valence-electron chi connectivity index (χ1n) is 9.27. The van der Waals surface area contributed by atoms with Crippen molar-refractivity contribution in [2.75, 3.05) is 18.5 Å². The van der Waals surface area contributed by atoms with Gasteiger partial charge in [-0.3, -0.25) is 4.79 Å². The van der Waals surface area contributed by atoms with Crippen molar-refractivity contribution in [1.82, 2.24) is 0 Å². The number of hydrogen-bond acceptors (Lipinski definition) is 5. The molecular formula is C22H24ClNO5. The second kappa shape index (κ2) is 11.1. The minimum absolute atomic E-state index is 0.436. The number of nitrogens with one attached hydrogen (secondary N) is 1. The van der Waals surface area contributed by atoms with E-state index in [4.69, 9.17) is 25.8 Å². The molecule has 2 aromatic rings. The molecule has 154 valence electrons. The number of esters is 1. The number of ether oxygens (including phenoxy) is 3. The van der Waals surface area contributed by atoms with Crippen molar-refractivity contribution in [2.24, 2.45) is 0 Å². The first-order chi connectivity index (χ1) is 13.9. The fraction of sp³-hybridized carbons (Fsp3) is 0.273. The van der Waals surface area contributed by atoms with Crippen molar-refractivity contribution in [1.29, 1.82) is 0 Å². The zero-order valence-corrected chi connectivity index (χ0v) is 17.4. The van der Waals surface area contributed by atoms with Gasteiger partial charge in [-0.25, -0.2) is 4.79 Å². The summed E-state index contributed by atoms with van der Waals surface area (Å²) >= 11 is 5.81. The molecule has 1 N–H and O–H groups in total. The highest BCUT2D eigenvalue weighted by molar-refractivity contribution is 6.30. The van der Waals surface area contributed by atoms with E-state index in [0.717, 1.165) is 5.56 Å². The molecule has 0 bridgehead atoms. The van der Waals surface area contributed by atoms with E-state index in [9.17, 15) is 9.59 Å². The maximum Gasteiger partial charge on any atom is 0.331 e. The summed E-state index contributed by atoms with van der Waals surface area (Å²) in [5, 5.41) is 3.22. The lowest BCUT2D eigenvalue weighted by molar-refractivity contribution is -0.148. The molecule has 0 spiro atoms. The van der Waals surface area contributed by atoms with Crippen molar-refractivity contribution in [2.45, 2.75) is 26.9 Å². The molecule has 2 rings (SSSR count). The molecular weight excluding hydrogens is 394 g/mol. The van der Waals surface area contributed by atoms with Crippen LogP contribution >= 0.6 is 11.6 Å². The first kappa shape index (κ1) is 22.3. The SMILES string of the molecule is CCOc1ccc(/C=C/C(=O)O[C@@H](C)C(=O)Nc2ccc(Cl)cc2)cc1OCC. The average molecular weight is 418 g/mol. The van der Waals surface area contributed by atoms with E-state index in [0.29, 0.717) is 35.4 Å². The van der Waals surface area contributed by atoms with Gasteiger partial charge in [0.2, 0.25) is 0 Å². The van der Waals surface area contributed by atoms with Gasteiger partial charge in [0.15, 0.2) is 17.6 Å². The van der Waals surface area contributed by atoms with Crippen LogP contribution in [-0.2, 0) is 14.3 Å². The third-order valence-corrected chi connectivity index (χ3v) is 4.01. The minimum atomic E-state index is -0.956. The molecule has 6 nitrogen and oxygen atoms in total. The van der Waals surface area contributed by atoms with E-state index in [1.54, 1.807) is 48.5 Å². The summed E-state index contributed by atoms with van der Waals surface area (Å²) in [6, 6.07) is 12.0. The van der Waals surface area contributed by atoms with Gasteiger partial charge < -0.3 is 19.5 Å². The molecule has 0 saturated carbocycles. The molecule has 0 fully saturated rings. The Hall–Kier alpha value is -2.99. The van der Waals surface area contributed by atoms with Crippen molar-refractivity contribution < 1.29 is 23.8 Å². The quantitative estimate of drug-likeness (QED) is 0.472. The number of hydrogen-bond donors (Lipinski definition) is 1. The van der Waals surface area contributed by atoms with Crippen LogP contribution in [0.1, 0.15) is 26.3 Å². The highest BCUT2D eigenvalue weighted by Crippen LogP contribution is 2.29. The zero-order chi connectivity index (χ0) is 21.2. The Kier molecular flexibility index (Phi) is 8.55. The van der Waals surface area contributed by atoms with Gasteiger partial charge in [-0.05, 0) is 68.8 Å². The van der Waals surface area contributed by atoms with Crippen LogP contribution in [0.15, 0.2) is 48.5 Å². The van der Waals surface area contributed by atoms with Gasteiger partial charge in [0.1, 0.15) is 0 Å². The smallest absolute Gasteiger partial charge is 0.331 e. The summed E-state index contributed by atoms with van der Waals surface area (Å²) in [6.45, 7) is 6.30. The molecule has 0 aliphatic heterocycles. The normalized spacial score (nSPS) is 11.7. The highest BCUT2D eigenvalue weighted by Gasteiger charge is 2.16. The van der Waals surface area contributed by atoms with E-state index in [-0.39, 0.29) is 0 Å². The van der Waals surface area contributed by atoms with Crippen LogP contribution in [0.25, 0.3) is 6.08 Å². The van der Waals surface area contributed by atoms with Crippen molar-refractivity contribution in [3.8, 4) is 11.5 Å². The van der Waals surface area contributed by atoms with Crippen LogP contribution in [0, 0.1) is 0 Å². The number of amides is 1.